The highest BCUT2D eigenvalue weighted by atomic mass is 14.4. The van der Waals surface area contributed by atoms with Crippen LogP contribution in [0.5, 0.6) is 0 Å². The zero-order valence-electron chi connectivity index (χ0n) is 9.47. The van der Waals surface area contributed by atoms with Crippen LogP contribution in [0.1, 0.15) is 65.3 Å². The Kier molecular flexibility index (Phi) is 1.49. The molecule has 0 bridgehead atoms. The van der Waals surface area contributed by atoms with Gasteiger partial charge in [0.2, 0.25) is 0 Å². The van der Waals surface area contributed by atoms with Crippen molar-refractivity contribution in [2.75, 3.05) is 0 Å². The zero-order chi connectivity index (χ0) is 9.99. The second-order valence-electron chi connectivity index (χ2n) is 5.71. The summed E-state index contributed by atoms with van der Waals surface area (Å²) in [7, 11) is 0. The molecule has 0 heteroatoms. The summed E-state index contributed by atoms with van der Waals surface area (Å²) in [6.07, 6.45) is 8.57. The minimum absolute atomic E-state index is 0.947. The van der Waals surface area contributed by atoms with E-state index in [2.05, 4.69) is 13.0 Å². The number of rotatable bonds is 0. The van der Waals surface area contributed by atoms with Gasteiger partial charge in [0.15, 0.2) is 0 Å². The molecule has 0 fully saturated rings. The van der Waals surface area contributed by atoms with E-state index in [4.69, 9.17) is 0 Å². The highest BCUT2D eigenvalue weighted by molar-refractivity contribution is 5.54. The van der Waals surface area contributed by atoms with Gasteiger partial charge in [0, 0.05) is 0 Å². The molecule has 4 rings (SSSR count). The summed E-state index contributed by atoms with van der Waals surface area (Å²) in [6.45, 7) is 2.33. The van der Waals surface area contributed by atoms with Gasteiger partial charge in [0.05, 0.1) is 0 Å². The standard InChI is InChI=1S/C15H18/c1-9-8-12-5-4-10-2-3-11-6-7-13(9)15(11)14(10)12/h8,10-11H,2-7H2,1H3. The van der Waals surface area contributed by atoms with Gasteiger partial charge in [0.25, 0.3) is 0 Å². The Balaban J connectivity index is 2.08. The smallest absolute Gasteiger partial charge is 0.0153 e. The SMILES string of the molecule is Cc1cc2c3c4c1CCC4CCC3CC2. The molecule has 0 nitrogen and oxygen atoms in total. The van der Waals surface area contributed by atoms with E-state index in [0.29, 0.717) is 0 Å². The number of hydrogen-bond donors (Lipinski definition) is 0. The van der Waals surface area contributed by atoms with Gasteiger partial charge in [-0.05, 0) is 85.1 Å². The maximum atomic E-state index is 2.50. The van der Waals surface area contributed by atoms with Gasteiger partial charge in [-0.2, -0.15) is 0 Å². The second kappa shape index (κ2) is 2.66. The summed E-state index contributed by atoms with van der Waals surface area (Å²) in [5.74, 6) is 1.90. The zero-order valence-corrected chi connectivity index (χ0v) is 9.47. The van der Waals surface area contributed by atoms with Gasteiger partial charge in [-0.25, -0.2) is 0 Å². The fourth-order valence-corrected chi connectivity index (χ4v) is 4.38. The van der Waals surface area contributed by atoms with E-state index in [1.807, 2.05) is 11.1 Å². The molecule has 0 aromatic heterocycles. The Bertz CT molecular complexity index is 442. The molecule has 0 saturated carbocycles. The van der Waals surface area contributed by atoms with E-state index < -0.39 is 0 Å². The average Bonchev–Trinajstić information content (AvgIpc) is 2.79. The van der Waals surface area contributed by atoms with Gasteiger partial charge in [-0.1, -0.05) is 6.07 Å². The van der Waals surface area contributed by atoms with E-state index in [0.717, 1.165) is 11.8 Å². The lowest BCUT2D eigenvalue weighted by molar-refractivity contribution is 0.487. The van der Waals surface area contributed by atoms with Crippen LogP contribution in [0, 0.1) is 6.92 Å². The molecule has 2 atom stereocenters. The molecule has 15 heavy (non-hydrogen) atoms. The van der Waals surface area contributed by atoms with Crippen LogP contribution in [-0.2, 0) is 12.8 Å². The summed E-state index contributed by atoms with van der Waals surface area (Å²) in [6, 6.07) is 2.50. The first kappa shape index (κ1) is 8.38. The summed E-state index contributed by atoms with van der Waals surface area (Å²) in [5, 5.41) is 0. The van der Waals surface area contributed by atoms with E-state index in [1.165, 1.54) is 38.5 Å². The molecule has 3 aliphatic carbocycles. The van der Waals surface area contributed by atoms with Crippen molar-refractivity contribution in [1.29, 1.82) is 0 Å². The maximum Gasteiger partial charge on any atom is -0.0153 e. The molecule has 0 spiro atoms. The van der Waals surface area contributed by atoms with Crippen molar-refractivity contribution in [1.82, 2.24) is 0 Å². The van der Waals surface area contributed by atoms with Gasteiger partial charge >= 0.3 is 0 Å². The van der Waals surface area contributed by atoms with Crippen LogP contribution in [0.25, 0.3) is 0 Å². The molecule has 2 unspecified atom stereocenters. The molecule has 0 heterocycles. The molecular weight excluding hydrogens is 180 g/mol. The maximum absolute atomic E-state index is 2.50. The normalized spacial score (nSPS) is 30.7. The fraction of sp³-hybridized carbons (Fsp3) is 0.600. The molecule has 0 aliphatic heterocycles. The van der Waals surface area contributed by atoms with Crippen LogP contribution >= 0.6 is 0 Å². The van der Waals surface area contributed by atoms with Crippen molar-refractivity contribution in [3.8, 4) is 0 Å². The summed E-state index contributed by atoms with van der Waals surface area (Å²) in [4.78, 5) is 0. The predicted molar refractivity (Wildman–Crippen MR) is 62.5 cm³/mol. The lowest BCUT2D eigenvalue weighted by atomic mass is 9.78. The average molecular weight is 198 g/mol. The fourth-order valence-electron chi connectivity index (χ4n) is 4.38. The second-order valence-corrected chi connectivity index (χ2v) is 5.71. The third-order valence-corrected chi connectivity index (χ3v) is 5.01. The van der Waals surface area contributed by atoms with Crippen LogP contribution in [-0.4, -0.2) is 0 Å². The summed E-state index contributed by atoms with van der Waals surface area (Å²) >= 11 is 0. The third-order valence-electron chi connectivity index (χ3n) is 5.01. The van der Waals surface area contributed by atoms with Crippen molar-refractivity contribution in [3.63, 3.8) is 0 Å². The van der Waals surface area contributed by atoms with Crippen LogP contribution in [0.4, 0.5) is 0 Å². The van der Waals surface area contributed by atoms with Crippen molar-refractivity contribution in [2.45, 2.75) is 57.3 Å². The van der Waals surface area contributed by atoms with Gasteiger partial charge in [-0.15, -0.1) is 0 Å². The predicted octanol–water partition coefficient (Wildman–Crippen LogP) is 3.85. The highest BCUT2D eigenvalue weighted by Crippen LogP contribution is 2.53. The first-order valence-corrected chi connectivity index (χ1v) is 6.49. The van der Waals surface area contributed by atoms with E-state index in [1.54, 1.807) is 16.7 Å². The van der Waals surface area contributed by atoms with Gasteiger partial charge in [0.1, 0.15) is 0 Å². The lowest BCUT2D eigenvalue weighted by Crippen LogP contribution is -2.10. The van der Waals surface area contributed by atoms with E-state index in [9.17, 15) is 0 Å². The van der Waals surface area contributed by atoms with Gasteiger partial charge < -0.3 is 0 Å². The monoisotopic (exact) mass is 198 g/mol. The Morgan fingerprint density at radius 1 is 0.933 bits per heavy atom. The number of aryl methyl sites for hydroxylation is 2. The Morgan fingerprint density at radius 2 is 1.67 bits per heavy atom. The molecule has 0 amide bonds. The van der Waals surface area contributed by atoms with Crippen LogP contribution in [0.3, 0.4) is 0 Å². The molecule has 0 N–H and O–H groups in total. The quantitative estimate of drug-likeness (QED) is 0.594. The molecule has 0 saturated heterocycles. The molecular formula is C15H18. The van der Waals surface area contributed by atoms with Crippen molar-refractivity contribution in [3.05, 3.63) is 33.9 Å². The lowest BCUT2D eigenvalue weighted by Gasteiger charge is -2.27. The first-order chi connectivity index (χ1) is 7.34. The number of benzene rings is 1. The van der Waals surface area contributed by atoms with Crippen molar-refractivity contribution >= 4 is 0 Å². The molecule has 1 aromatic rings. The Morgan fingerprint density at radius 3 is 2.53 bits per heavy atom. The van der Waals surface area contributed by atoms with Gasteiger partial charge in [-0.3, -0.25) is 0 Å². The topological polar surface area (TPSA) is 0 Å². The minimum atomic E-state index is 0.947. The summed E-state index contributed by atoms with van der Waals surface area (Å²) < 4.78 is 0. The van der Waals surface area contributed by atoms with E-state index >= 15 is 0 Å². The number of hydrogen-bond acceptors (Lipinski definition) is 0. The first-order valence-electron chi connectivity index (χ1n) is 6.49. The highest BCUT2D eigenvalue weighted by Gasteiger charge is 2.37. The third kappa shape index (κ3) is 0.934. The largest absolute Gasteiger partial charge is 0.0555 e. The van der Waals surface area contributed by atoms with Crippen LogP contribution < -0.4 is 0 Å². The van der Waals surface area contributed by atoms with Crippen molar-refractivity contribution in [2.24, 2.45) is 0 Å². The molecule has 1 aromatic carbocycles. The molecule has 78 valence electrons. The van der Waals surface area contributed by atoms with Crippen LogP contribution in [0.15, 0.2) is 6.07 Å². The minimum Gasteiger partial charge on any atom is -0.0555 e. The summed E-state index contributed by atoms with van der Waals surface area (Å²) in [5.41, 5.74) is 8.70. The molecule has 3 aliphatic rings. The van der Waals surface area contributed by atoms with E-state index in [-0.39, 0.29) is 0 Å². The van der Waals surface area contributed by atoms with Crippen LogP contribution in [0.2, 0.25) is 0 Å². The van der Waals surface area contributed by atoms with Crippen molar-refractivity contribution < 1.29 is 0 Å². The molecule has 0 radical (unpaired) electrons. The Labute approximate surface area is 91.7 Å². The Hall–Kier alpha value is -0.780.